The fourth-order valence-corrected chi connectivity index (χ4v) is 2.78. The highest BCUT2D eigenvalue weighted by atomic mass is 79.9. The molecule has 5 nitrogen and oxygen atoms in total. The summed E-state index contributed by atoms with van der Waals surface area (Å²) in [5.74, 6) is 0.423. The highest BCUT2D eigenvalue weighted by Gasteiger charge is 2.04. The molecule has 130 valence electrons. The third-order valence-electron chi connectivity index (χ3n) is 3.55. The van der Waals surface area contributed by atoms with Gasteiger partial charge in [0.05, 0.1) is 18.8 Å². The molecule has 3 rings (SSSR count). The summed E-state index contributed by atoms with van der Waals surface area (Å²) in [5.41, 5.74) is 2.63. The second-order valence-corrected chi connectivity index (χ2v) is 6.44. The maximum absolute atomic E-state index is 13.2. The molecule has 0 aliphatic rings. The van der Waals surface area contributed by atoms with Gasteiger partial charge in [0.2, 0.25) is 0 Å². The normalized spacial score (nSPS) is 11.7. The molecular formula is C18H19BrFN5. The number of aromatic nitrogens is 2. The van der Waals surface area contributed by atoms with Crippen molar-refractivity contribution < 1.29 is 4.39 Å². The number of benzene rings is 1. The Morgan fingerprint density at radius 1 is 1.24 bits per heavy atom. The number of pyridine rings is 1. The number of nitrogens with zero attached hydrogens (tertiary/aromatic N) is 3. The quantitative estimate of drug-likeness (QED) is 0.506. The third-order valence-corrected chi connectivity index (χ3v) is 4.02. The van der Waals surface area contributed by atoms with Crippen LogP contribution in [-0.4, -0.2) is 21.9 Å². The van der Waals surface area contributed by atoms with E-state index in [0.717, 1.165) is 27.9 Å². The Morgan fingerprint density at radius 3 is 2.92 bits per heavy atom. The summed E-state index contributed by atoms with van der Waals surface area (Å²) in [7, 11) is 0. The summed E-state index contributed by atoms with van der Waals surface area (Å²) in [5, 5.41) is 6.44. The summed E-state index contributed by atoms with van der Waals surface area (Å²) in [4.78, 5) is 9.06. The van der Waals surface area contributed by atoms with E-state index in [1.165, 1.54) is 12.1 Å². The molecule has 0 radical (unpaired) electrons. The maximum Gasteiger partial charge on any atom is 0.191 e. The largest absolute Gasteiger partial charge is 0.357 e. The van der Waals surface area contributed by atoms with Crippen LogP contribution in [0.15, 0.2) is 58.3 Å². The van der Waals surface area contributed by atoms with Crippen LogP contribution in [0.3, 0.4) is 0 Å². The molecule has 0 bridgehead atoms. The number of nitrogens with one attached hydrogen (secondary N) is 2. The van der Waals surface area contributed by atoms with Crippen LogP contribution in [0.5, 0.6) is 0 Å². The van der Waals surface area contributed by atoms with Crippen molar-refractivity contribution in [2.75, 3.05) is 6.54 Å². The molecule has 1 aromatic carbocycles. The van der Waals surface area contributed by atoms with Crippen LogP contribution in [0.1, 0.15) is 18.2 Å². The molecule has 25 heavy (non-hydrogen) atoms. The molecule has 0 unspecified atom stereocenters. The number of imidazole rings is 1. The molecule has 2 aromatic heterocycles. The van der Waals surface area contributed by atoms with Crippen LogP contribution in [0.25, 0.3) is 5.65 Å². The average Bonchev–Trinajstić information content (AvgIpc) is 2.99. The van der Waals surface area contributed by atoms with Crippen molar-refractivity contribution in [3.8, 4) is 0 Å². The first-order chi connectivity index (χ1) is 12.1. The second-order valence-electron chi connectivity index (χ2n) is 5.52. The first-order valence-electron chi connectivity index (χ1n) is 8.04. The lowest BCUT2D eigenvalue weighted by atomic mass is 10.2. The number of halogens is 2. The lowest BCUT2D eigenvalue weighted by Gasteiger charge is -2.10. The summed E-state index contributed by atoms with van der Waals surface area (Å²) in [6.07, 6.45) is 3.94. The standard InChI is InChI=1S/C18H19BrFN5/c1-2-21-18(22-9-13-4-3-5-15(20)8-13)23-10-16-12-25-11-14(19)6-7-17(25)24-16/h3-8,11-12H,2,9-10H2,1H3,(H2,21,22,23). The zero-order valence-electron chi connectivity index (χ0n) is 13.8. The number of rotatable bonds is 5. The van der Waals surface area contributed by atoms with E-state index >= 15 is 0 Å². The zero-order valence-corrected chi connectivity index (χ0v) is 15.4. The van der Waals surface area contributed by atoms with E-state index < -0.39 is 0 Å². The maximum atomic E-state index is 13.2. The molecular weight excluding hydrogens is 385 g/mol. The lowest BCUT2D eigenvalue weighted by molar-refractivity contribution is 0.625. The molecule has 0 fully saturated rings. The predicted molar refractivity (Wildman–Crippen MR) is 101 cm³/mol. The van der Waals surface area contributed by atoms with Gasteiger partial charge in [0.1, 0.15) is 11.5 Å². The minimum absolute atomic E-state index is 0.249. The molecule has 2 heterocycles. The molecule has 0 saturated heterocycles. The Bertz CT molecular complexity index is 890. The molecule has 0 aliphatic carbocycles. The van der Waals surface area contributed by atoms with E-state index in [4.69, 9.17) is 0 Å². The van der Waals surface area contributed by atoms with Crippen LogP contribution in [0.4, 0.5) is 4.39 Å². The summed E-state index contributed by atoms with van der Waals surface area (Å²) in [6, 6.07) is 10.4. The first-order valence-corrected chi connectivity index (χ1v) is 8.83. The van der Waals surface area contributed by atoms with Crippen molar-refractivity contribution in [2.24, 2.45) is 4.99 Å². The lowest BCUT2D eigenvalue weighted by Crippen LogP contribution is -2.36. The van der Waals surface area contributed by atoms with E-state index in [9.17, 15) is 4.39 Å². The molecule has 7 heteroatoms. The minimum atomic E-state index is -0.249. The summed E-state index contributed by atoms with van der Waals surface area (Å²) < 4.78 is 16.2. The van der Waals surface area contributed by atoms with Gasteiger partial charge in [0, 0.05) is 23.4 Å². The zero-order chi connectivity index (χ0) is 17.6. The topological polar surface area (TPSA) is 53.7 Å². The van der Waals surface area contributed by atoms with Gasteiger partial charge in [0.15, 0.2) is 5.96 Å². The first kappa shape index (κ1) is 17.4. The van der Waals surface area contributed by atoms with Crippen molar-refractivity contribution in [1.82, 2.24) is 20.0 Å². The van der Waals surface area contributed by atoms with Crippen LogP contribution >= 0.6 is 15.9 Å². The van der Waals surface area contributed by atoms with Gasteiger partial charge in [-0.25, -0.2) is 14.4 Å². The Morgan fingerprint density at radius 2 is 2.12 bits per heavy atom. The van der Waals surface area contributed by atoms with Gasteiger partial charge >= 0.3 is 0 Å². The van der Waals surface area contributed by atoms with Gasteiger partial charge in [-0.05, 0) is 52.7 Å². The van der Waals surface area contributed by atoms with Gasteiger partial charge in [0.25, 0.3) is 0 Å². The van der Waals surface area contributed by atoms with E-state index in [-0.39, 0.29) is 5.82 Å². The second kappa shape index (κ2) is 8.11. The van der Waals surface area contributed by atoms with Gasteiger partial charge in [-0.1, -0.05) is 12.1 Å². The fourth-order valence-electron chi connectivity index (χ4n) is 2.42. The number of guanidine groups is 1. The van der Waals surface area contributed by atoms with Gasteiger partial charge in [-0.2, -0.15) is 0 Å². The number of hydrogen-bond acceptors (Lipinski definition) is 2. The Kier molecular flexibility index (Phi) is 5.65. The highest BCUT2D eigenvalue weighted by Crippen LogP contribution is 2.12. The minimum Gasteiger partial charge on any atom is -0.357 e. The Hall–Kier alpha value is -2.41. The molecule has 0 spiro atoms. The number of aliphatic imine (C=N–C) groups is 1. The average molecular weight is 404 g/mol. The van der Waals surface area contributed by atoms with E-state index in [0.29, 0.717) is 19.0 Å². The molecule has 3 aromatic rings. The SMILES string of the molecule is CCNC(=NCc1cccc(F)c1)NCc1cn2cc(Br)ccc2n1. The Balaban J connectivity index is 1.67. The molecule has 0 aliphatic heterocycles. The third kappa shape index (κ3) is 4.79. The van der Waals surface area contributed by atoms with Crippen molar-refractivity contribution in [3.05, 3.63) is 70.3 Å². The van der Waals surface area contributed by atoms with Crippen molar-refractivity contribution in [3.63, 3.8) is 0 Å². The summed E-state index contributed by atoms with van der Waals surface area (Å²) >= 11 is 3.45. The van der Waals surface area contributed by atoms with E-state index in [1.54, 1.807) is 6.07 Å². The summed E-state index contributed by atoms with van der Waals surface area (Å²) in [6.45, 7) is 3.70. The monoisotopic (exact) mass is 403 g/mol. The van der Waals surface area contributed by atoms with Crippen LogP contribution in [0, 0.1) is 5.82 Å². The van der Waals surface area contributed by atoms with Gasteiger partial charge < -0.3 is 15.0 Å². The van der Waals surface area contributed by atoms with Crippen LogP contribution in [-0.2, 0) is 13.1 Å². The van der Waals surface area contributed by atoms with Crippen molar-refractivity contribution >= 4 is 27.5 Å². The smallest absolute Gasteiger partial charge is 0.191 e. The van der Waals surface area contributed by atoms with Crippen LogP contribution < -0.4 is 10.6 Å². The van der Waals surface area contributed by atoms with Crippen LogP contribution in [0.2, 0.25) is 0 Å². The Labute approximate surface area is 154 Å². The molecule has 0 atom stereocenters. The number of hydrogen-bond donors (Lipinski definition) is 2. The molecule has 0 amide bonds. The van der Waals surface area contributed by atoms with E-state index in [2.05, 4.69) is 36.5 Å². The fraction of sp³-hybridized carbons (Fsp3) is 0.222. The molecule has 0 saturated carbocycles. The molecule has 2 N–H and O–H groups in total. The van der Waals surface area contributed by atoms with Gasteiger partial charge in [-0.15, -0.1) is 0 Å². The highest BCUT2D eigenvalue weighted by molar-refractivity contribution is 9.10. The van der Waals surface area contributed by atoms with Gasteiger partial charge in [-0.3, -0.25) is 0 Å². The van der Waals surface area contributed by atoms with Crippen molar-refractivity contribution in [1.29, 1.82) is 0 Å². The van der Waals surface area contributed by atoms with Crippen molar-refractivity contribution in [2.45, 2.75) is 20.0 Å². The predicted octanol–water partition coefficient (Wildman–Crippen LogP) is 3.49. The van der Waals surface area contributed by atoms with E-state index in [1.807, 2.05) is 41.9 Å². The number of fused-ring (bicyclic) bond motifs is 1.